The van der Waals surface area contributed by atoms with Crippen LogP contribution in [0.4, 0.5) is 26.4 Å². The summed E-state index contributed by atoms with van der Waals surface area (Å²) in [5.74, 6) is 0.895. The number of hydrogen-bond acceptors (Lipinski definition) is 7. The fourth-order valence-corrected chi connectivity index (χ4v) is 3.54. The molecule has 32 heavy (non-hydrogen) atoms. The van der Waals surface area contributed by atoms with Crippen molar-refractivity contribution in [1.82, 2.24) is 20.2 Å². The van der Waals surface area contributed by atoms with E-state index in [0.717, 1.165) is 29.0 Å². The highest BCUT2D eigenvalue weighted by atomic mass is 32.1. The van der Waals surface area contributed by atoms with Gasteiger partial charge >= 0.3 is 12.1 Å². The zero-order chi connectivity index (χ0) is 23.1. The predicted molar refractivity (Wildman–Crippen MR) is 124 cm³/mol. The van der Waals surface area contributed by atoms with Crippen molar-refractivity contribution in [2.45, 2.75) is 46.0 Å². The molecule has 0 bridgehead atoms. The van der Waals surface area contributed by atoms with E-state index < -0.39 is 12.1 Å². The molecule has 170 valence electrons. The van der Waals surface area contributed by atoms with Gasteiger partial charge in [0.15, 0.2) is 10.9 Å². The Labute approximate surface area is 190 Å². The average molecular weight is 458 g/mol. The van der Waals surface area contributed by atoms with Gasteiger partial charge in [-0.2, -0.15) is 5.10 Å². The molecule has 11 heteroatoms. The van der Waals surface area contributed by atoms with E-state index in [1.807, 2.05) is 12.1 Å². The van der Waals surface area contributed by atoms with Crippen LogP contribution in [0.5, 0.6) is 0 Å². The number of hydrogen-bond donors (Lipinski definition) is 4. The number of aromatic nitrogens is 4. The van der Waals surface area contributed by atoms with Crippen molar-refractivity contribution in [3.05, 3.63) is 46.7 Å². The van der Waals surface area contributed by atoms with Crippen molar-refractivity contribution in [3.63, 3.8) is 0 Å². The molecule has 0 aliphatic heterocycles. The molecule has 0 atom stereocenters. The van der Waals surface area contributed by atoms with Gasteiger partial charge in [-0.15, -0.1) is 11.3 Å². The first-order valence-corrected chi connectivity index (χ1v) is 11.0. The lowest BCUT2D eigenvalue weighted by Gasteiger charge is -2.14. The SMILES string of the molecule is CCOC(=O)Nc1cc(CCc2cnc(NC(=O)Nc3cc(C(C)(C)C)[nH]n3)s2)ccn1. The molecule has 0 radical (unpaired) electrons. The number of pyridine rings is 1. The van der Waals surface area contributed by atoms with Crippen molar-refractivity contribution in [1.29, 1.82) is 0 Å². The molecule has 0 aromatic carbocycles. The maximum absolute atomic E-state index is 12.2. The highest BCUT2D eigenvalue weighted by Gasteiger charge is 2.17. The van der Waals surface area contributed by atoms with E-state index in [1.54, 1.807) is 25.4 Å². The average Bonchev–Trinajstić information content (AvgIpc) is 3.36. The molecule has 3 rings (SSSR count). The van der Waals surface area contributed by atoms with Crippen LogP contribution in [-0.4, -0.2) is 38.9 Å². The van der Waals surface area contributed by atoms with Crippen LogP contribution in [-0.2, 0) is 23.0 Å². The largest absolute Gasteiger partial charge is 0.450 e. The van der Waals surface area contributed by atoms with E-state index in [4.69, 9.17) is 4.74 Å². The Bertz CT molecular complexity index is 1070. The second-order valence-corrected chi connectivity index (χ2v) is 9.14. The van der Waals surface area contributed by atoms with Crippen LogP contribution in [0.2, 0.25) is 0 Å². The summed E-state index contributed by atoms with van der Waals surface area (Å²) >= 11 is 1.41. The summed E-state index contributed by atoms with van der Waals surface area (Å²) in [6, 6.07) is 5.11. The van der Waals surface area contributed by atoms with Crippen LogP contribution < -0.4 is 16.0 Å². The van der Waals surface area contributed by atoms with Gasteiger partial charge in [0.1, 0.15) is 5.82 Å². The zero-order valence-electron chi connectivity index (χ0n) is 18.5. The van der Waals surface area contributed by atoms with Crippen LogP contribution in [0.15, 0.2) is 30.6 Å². The van der Waals surface area contributed by atoms with Crippen LogP contribution in [0.25, 0.3) is 0 Å². The Balaban J connectivity index is 1.50. The van der Waals surface area contributed by atoms with Crippen LogP contribution in [0.1, 0.15) is 43.8 Å². The second-order valence-electron chi connectivity index (χ2n) is 8.02. The summed E-state index contributed by atoms with van der Waals surface area (Å²) in [7, 11) is 0. The van der Waals surface area contributed by atoms with E-state index >= 15 is 0 Å². The van der Waals surface area contributed by atoms with Crippen molar-refractivity contribution in [2.75, 3.05) is 22.6 Å². The number of carbonyl (C=O) groups excluding carboxylic acids is 2. The Morgan fingerprint density at radius 1 is 1.09 bits per heavy atom. The van der Waals surface area contributed by atoms with Crippen LogP contribution >= 0.6 is 11.3 Å². The van der Waals surface area contributed by atoms with E-state index in [-0.39, 0.29) is 5.41 Å². The van der Waals surface area contributed by atoms with Crippen molar-refractivity contribution in [2.24, 2.45) is 0 Å². The van der Waals surface area contributed by atoms with Crippen molar-refractivity contribution in [3.8, 4) is 0 Å². The van der Waals surface area contributed by atoms with E-state index in [0.29, 0.717) is 23.4 Å². The first-order chi connectivity index (χ1) is 15.2. The quantitative estimate of drug-likeness (QED) is 0.411. The number of aryl methyl sites for hydroxylation is 2. The highest BCUT2D eigenvalue weighted by molar-refractivity contribution is 7.15. The molecular formula is C21H27N7O3S. The van der Waals surface area contributed by atoms with Gasteiger partial charge in [-0.1, -0.05) is 20.8 Å². The summed E-state index contributed by atoms with van der Waals surface area (Å²) < 4.78 is 4.86. The summed E-state index contributed by atoms with van der Waals surface area (Å²) in [4.78, 5) is 33.2. The maximum Gasteiger partial charge on any atom is 0.412 e. The Hall–Kier alpha value is -3.47. The minimum Gasteiger partial charge on any atom is -0.450 e. The molecule has 0 aliphatic carbocycles. The summed E-state index contributed by atoms with van der Waals surface area (Å²) in [5.41, 5.74) is 1.86. The zero-order valence-corrected chi connectivity index (χ0v) is 19.3. The van der Waals surface area contributed by atoms with Crippen molar-refractivity contribution >= 4 is 40.2 Å². The fraction of sp³-hybridized carbons (Fsp3) is 0.381. The molecule has 10 nitrogen and oxygen atoms in total. The molecule has 3 aromatic rings. The number of ether oxygens (including phenoxy) is 1. The predicted octanol–water partition coefficient (Wildman–Crippen LogP) is 4.56. The van der Waals surface area contributed by atoms with Gasteiger partial charge in [0.05, 0.1) is 6.61 Å². The topological polar surface area (TPSA) is 134 Å². The fourth-order valence-electron chi connectivity index (χ4n) is 2.73. The third-order valence-electron chi connectivity index (χ3n) is 4.39. The number of carbonyl (C=O) groups is 2. The molecule has 3 heterocycles. The smallest absolute Gasteiger partial charge is 0.412 e. The number of aromatic amines is 1. The van der Waals surface area contributed by atoms with E-state index in [2.05, 4.69) is 56.9 Å². The first kappa shape index (κ1) is 23.2. The Morgan fingerprint density at radius 2 is 1.91 bits per heavy atom. The number of nitrogens with one attached hydrogen (secondary N) is 4. The highest BCUT2D eigenvalue weighted by Crippen LogP contribution is 2.23. The van der Waals surface area contributed by atoms with Gasteiger partial charge in [-0.05, 0) is 37.5 Å². The number of rotatable bonds is 7. The number of amides is 3. The number of H-pyrrole nitrogens is 1. The Morgan fingerprint density at radius 3 is 2.62 bits per heavy atom. The summed E-state index contributed by atoms with van der Waals surface area (Å²) in [6.45, 7) is 8.22. The van der Waals surface area contributed by atoms with Gasteiger partial charge in [0, 0.05) is 34.4 Å². The molecule has 4 N–H and O–H groups in total. The third-order valence-corrected chi connectivity index (χ3v) is 5.36. The monoisotopic (exact) mass is 457 g/mol. The summed E-state index contributed by atoms with van der Waals surface area (Å²) in [5, 5.41) is 15.6. The van der Waals surface area contributed by atoms with E-state index in [1.165, 1.54) is 11.3 Å². The van der Waals surface area contributed by atoms with Gasteiger partial charge in [0.25, 0.3) is 0 Å². The first-order valence-electron chi connectivity index (χ1n) is 10.2. The lowest BCUT2D eigenvalue weighted by atomic mass is 9.92. The minimum absolute atomic E-state index is 0.0852. The lowest BCUT2D eigenvalue weighted by Crippen LogP contribution is -2.19. The number of thiazole rings is 1. The molecule has 0 aliphatic rings. The summed E-state index contributed by atoms with van der Waals surface area (Å²) in [6.07, 6.45) is 4.32. The van der Waals surface area contributed by atoms with Crippen LogP contribution in [0, 0.1) is 0 Å². The molecule has 0 unspecified atom stereocenters. The normalized spacial score (nSPS) is 11.1. The Kier molecular flexibility index (Phi) is 7.41. The number of anilines is 3. The lowest BCUT2D eigenvalue weighted by molar-refractivity contribution is 0.168. The molecule has 0 spiro atoms. The van der Waals surface area contributed by atoms with E-state index in [9.17, 15) is 9.59 Å². The van der Waals surface area contributed by atoms with Crippen molar-refractivity contribution < 1.29 is 14.3 Å². The molecule has 0 fully saturated rings. The number of nitrogens with zero attached hydrogens (tertiary/aromatic N) is 3. The standard InChI is InChI=1S/C21H27N7O3S/c1-5-31-20(30)25-16-10-13(8-9-22-16)6-7-14-12-23-19(32-14)26-18(29)24-17-11-15(27-28-17)21(2,3)4/h8-12H,5-7H2,1-4H3,(H,22,25,30)(H3,23,24,26,27,28,29). The molecular weight excluding hydrogens is 430 g/mol. The molecule has 0 saturated carbocycles. The third kappa shape index (κ3) is 6.77. The van der Waals surface area contributed by atoms with Gasteiger partial charge in [-0.25, -0.2) is 19.6 Å². The number of urea groups is 1. The van der Waals surface area contributed by atoms with Gasteiger partial charge in [-0.3, -0.25) is 21.0 Å². The van der Waals surface area contributed by atoms with Gasteiger partial charge < -0.3 is 4.74 Å². The molecule has 3 amide bonds. The second kappa shape index (κ2) is 10.2. The van der Waals surface area contributed by atoms with Crippen LogP contribution in [0.3, 0.4) is 0 Å². The minimum atomic E-state index is -0.530. The van der Waals surface area contributed by atoms with Gasteiger partial charge in [0.2, 0.25) is 0 Å². The molecule has 3 aromatic heterocycles. The molecule has 0 saturated heterocycles. The maximum atomic E-state index is 12.2.